The van der Waals surface area contributed by atoms with E-state index in [-0.39, 0.29) is 31.1 Å². The molecule has 0 aromatic heterocycles. The first-order valence-corrected chi connectivity index (χ1v) is 33.2. The molecule has 6 nitrogen and oxygen atoms in total. The molecule has 0 saturated heterocycles. The topological polar surface area (TPSA) is 78.9 Å². The third-order valence-electron chi connectivity index (χ3n) is 14.4. The Morgan fingerprint density at radius 2 is 0.500 bits per heavy atom. The highest BCUT2D eigenvalue weighted by molar-refractivity contribution is 5.71. The molecule has 0 spiro atoms. The second-order valence-corrected chi connectivity index (χ2v) is 22.0. The molecule has 0 saturated carbocycles. The summed E-state index contributed by atoms with van der Waals surface area (Å²) in [6, 6.07) is 0. The van der Waals surface area contributed by atoms with Crippen LogP contribution in [0.2, 0.25) is 0 Å². The minimum absolute atomic E-state index is 0.0877. The highest BCUT2D eigenvalue weighted by Gasteiger charge is 2.19. The van der Waals surface area contributed by atoms with Gasteiger partial charge < -0.3 is 14.2 Å². The number of hydrogen-bond donors (Lipinski definition) is 0. The second kappa shape index (κ2) is 65.8. The summed E-state index contributed by atoms with van der Waals surface area (Å²) in [5, 5.41) is 0. The van der Waals surface area contributed by atoms with Crippen LogP contribution in [0.5, 0.6) is 0 Å². The summed E-state index contributed by atoms with van der Waals surface area (Å²) in [6.07, 6.45) is 88.6. The molecule has 0 aliphatic rings. The summed E-state index contributed by atoms with van der Waals surface area (Å²) >= 11 is 0. The van der Waals surface area contributed by atoms with Crippen LogP contribution in [0.25, 0.3) is 0 Å². The van der Waals surface area contributed by atoms with Crippen LogP contribution in [0, 0.1) is 0 Å². The summed E-state index contributed by atoms with van der Waals surface area (Å²) in [6.45, 7) is 6.51. The second-order valence-electron chi connectivity index (χ2n) is 22.0. The smallest absolute Gasteiger partial charge is 0.306 e. The Labute approximate surface area is 483 Å². The molecule has 0 bridgehead atoms. The minimum atomic E-state index is -0.794. The summed E-state index contributed by atoms with van der Waals surface area (Å²) in [7, 11) is 0. The van der Waals surface area contributed by atoms with Crippen LogP contribution in [-0.2, 0) is 28.6 Å². The van der Waals surface area contributed by atoms with Crippen LogP contribution in [0.3, 0.4) is 0 Å². The maximum absolute atomic E-state index is 12.9. The Morgan fingerprint density at radius 1 is 0.269 bits per heavy atom. The van der Waals surface area contributed by atoms with Gasteiger partial charge in [-0.2, -0.15) is 0 Å². The average molecular weight is 1090 g/mol. The molecule has 1 unspecified atom stereocenters. The third-order valence-corrected chi connectivity index (χ3v) is 14.4. The van der Waals surface area contributed by atoms with Gasteiger partial charge in [0.25, 0.3) is 0 Å². The van der Waals surface area contributed by atoms with Crippen LogP contribution in [0.4, 0.5) is 0 Å². The quantitative estimate of drug-likeness (QED) is 0.0261. The molecule has 0 fully saturated rings. The Morgan fingerprint density at radius 3 is 0.782 bits per heavy atom. The van der Waals surface area contributed by atoms with E-state index in [1.165, 1.54) is 173 Å². The molecule has 448 valence electrons. The van der Waals surface area contributed by atoms with Gasteiger partial charge >= 0.3 is 17.9 Å². The number of unbranched alkanes of at least 4 members (excludes halogenated alkanes) is 33. The van der Waals surface area contributed by atoms with Gasteiger partial charge in [0, 0.05) is 19.3 Å². The first kappa shape index (κ1) is 74.3. The first-order valence-electron chi connectivity index (χ1n) is 33.2. The molecule has 78 heavy (non-hydrogen) atoms. The molecule has 0 radical (unpaired) electrons. The SMILES string of the molecule is CC/C=C\C/C=C\C/C=C\C/C=C\C/C=C\C/C=C\C/C=C\C/C=C\CCCCC(=O)OCC(COC(=O)CCCCCCCCCCCC)OC(=O)CCCCCCCCCCCCCCCCCCCCCCCCC. The summed E-state index contributed by atoms with van der Waals surface area (Å²) < 4.78 is 16.9. The summed E-state index contributed by atoms with van der Waals surface area (Å²) in [5.74, 6) is -0.922. The minimum Gasteiger partial charge on any atom is -0.462 e. The molecule has 0 aliphatic carbocycles. The van der Waals surface area contributed by atoms with Crippen LogP contribution in [-0.4, -0.2) is 37.2 Å². The Bertz CT molecular complexity index is 1530. The number of allylic oxidation sites excluding steroid dienone is 16. The van der Waals surface area contributed by atoms with E-state index in [9.17, 15) is 14.4 Å². The zero-order valence-corrected chi connectivity index (χ0v) is 51.4. The fraction of sp³-hybridized carbons (Fsp3) is 0.736. The predicted molar refractivity (Wildman–Crippen MR) is 339 cm³/mol. The van der Waals surface area contributed by atoms with E-state index in [4.69, 9.17) is 14.2 Å². The van der Waals surface area contributed by atoms with E-state index in [2.05, 4.69) is 118 Å². The van der Waals surface area contributed by atoms with Gasteiger partial charge in [0.1, 0.15) is 13.2 Å². The Kier molecular flexibility index (Phi) is 62.7. The molecule has 0 N–H and O–H groups in total. The number of rotatable bonds is 60. The van der Waals surface area contributed by atoms with Gasteiger partial charge in [-0.3, -0.25) is 14.4 Å². The lowest BCUT2D eigenvalue weighted by Gasteiger charge is -2.18. The van der Waals surface area contributed by atoms with Gasteiger partial charge in [-0.25, -0.2) is 0 Å². The predicted octanol–water partition coefficient (Wildman–Crippen LogP) is 22.8. The largest absolute Gasteiger partial charge is 0.462 e. The van der Waals surface area contributed by atoms with Crippen LogP contribution in [0.15, 0.2) is 97.2 Å². The molecule has 0 rings (SSSR count). The first-order chi connectivity index (χ1) is 38.5. The molecular weight excluding hydrogens is 961 g/mol. The number of hydrogen-bond acceptors (Lipinski definition) is 6. The molecular formula is C72H124O6. The fourth-order valence-electron chi connectivity index (χ4n) is 9.40. The molecule has 1 atom stereocenters. The molecule has 0 amide bonds. The van der Waals surface area contributed by atoms with Crippen molar-refractivity contribution in [1.82, 2.24) is 0 Å². The monoisotopic (exact) mass is 1080 g/mol. The average Bonchev–Trinajstić information content (AvgIpc) is 3.44. The lowest BCUT2D eigenvalue weighted by molar-refractivity contribution is -0.167. The van der Waals surface area contributed by atoms with E-state index in [1.807, 2.05) is 0 Å². The van der Waals surface area contributed by atoms with Crippen molar-refractivity contribution >= 4 is 17.9 Å². The highest BCUT2D eigenvalue weighted by atomic mass is 16.6. The summed E-state index contributed by atoms with van der Waals surface area (Å²) in [5.41, 5.74) is 0. The van der Waals surface area contributed by atoms with Crippen molar-refractivity contribution in [1.29, 1.82) is 0 Å². The number of ether oxygens (including phenoxy) is 3. The highest BCUT2D eigenvalue weighted by Crippen LogP contribution is 2.17. The van der Waals surface area contributed by atoms with Gasteiger partial charge in [-0.15, -0.1) is 0 Å². The van der Waals surface area contributed by atoms with E-state index >= 15 is 0 Å². The zero-order chi connectivity index (χ0) is 56.4. The zero-order valence-electron chi connectivity index (χ0n) is 51.4. The maximum atomic E-state index is 12.9. The number of esters is 3. The fourth-order valence-corrected chi connectivity index (χ4v) is 9.40. The summed E-state index contributed by atoms with van der Waals surface area (Å²) in [4.78, 5) is 38.2. The number of carbonyl (C=O) groups is 3. The maximum Gasteiger partial charge on any atom is 0.306 e. The van der Waals surface area contributed by atoms with E-state index < -0.39 is 6.10 Å². The van der Waals surface area contributed by atoms with Crippen molar-refractivity contribution in [3.05, 3.63) is 97.2 Å². The molecule has 6 heteroatoms. The van der Waals surface area contributed by atoms with Crippen molar-refractivity contribution in [2.45, 2.75) is 329 Å². The van der Waals surface area contributed by atoms with Crippen molar-refractivity contribution in [3.8, 4) is 0 Å². The molecule has 0 aromatic carbocycles. The number of carbonyl (C=O) groups excluding carboxylic acids is 3. The van der Waals surface area contributed by atoms with Crippen LogP contribution < -0.4 is 0 Å². The third kappa shape index (κ3) is 63.2. The molecule has 0 aromatic rings. The molecule has 0 aliphatic heterocycles. The Balaban J connectivity index is 4.31. The van der Waals surface area contributed by atoms with E-state index in [0.29, 0.717) is 19.3 Å². The molecule has 0 heterocycles. The van der Waals surface area contributed by atoms with Crippen molar-refractivity contribution < 1.29 is 28.6 Å². The lowest BCUT2D eigenvalue weighted by Crippen LogP contribution is -2.30. The van der Waals surface area contributed by atoms with Gasteiger partial charge in [0.2, 0.25) is 0 Å². The van der Waals surface area contributed by atoms with Gasteiger partial charge in [0.15, 0.2) is 6.10 Å². The van der Waals surface area contributed by atoms with Gasteiger partial charge in [-0.05, 0) is 83.5 Å². The lowest BCUT2D eigenvalue weighted by atomic mass is 10.0. The van der Waals surface area contributed by atoms with Gasteiger partial charge in [-0.1, -0.05) is 317 Å². The van der Waals surface area contributed by atoms with Crippen molar-refractivity contribution in [2.24, 2.45) is 0 Å². The van der Waals surface area contributed by atoms with E-state index in [1.54, 1.807) is 0 Å². The Hall–Kier alpha value is -3.67. The normalized spacial score (nSPS) is 12.7. The van der Waals surface area contributed by atoms with E-state index in [0.717, 1.165) is 109 Å². The van der Waals surface area contributed by atoms with Gasteiger partial charge in [0.05, 0.1) is 0 Å². The van der Waals surface area contributed by atoms with Crippen molar-refractivity contribution in [2.75, 3.05) is 13.2 Å². The van der Waals surface area contributed by atoms with Crippen LogP contribution in [0.1, 0.15) is 323 Å². The van der Waals surface area contributed by atoms with Crippen LogP contribution >= 0.6 is 0 Å². The standard InChI is InChI=1S/C72H124O6/c1-4-7-10-13-16-19-22-24-26-28-30-32-34-35-36-37-39-40-42-44-46-48-50-53-56-59-62-65-71(74)77-68-69(67-76-70(73)64-61-58-55-52-21-18-15-12-9-6-3)78-72(75)66-63-60-57-54-51-49-47-45-43-41-38-33-31-29-27-25-23-20-17-14-11-8-5-2/h7,10,16,19,24,26,30,32,35-36,39-40,44,46,50,53,69H,4-6,8-9,11-15,17-18,20-23,25,27-29,31,33-34,37-38,41-43,45,47-49,51-52,54-68H2,1-3H3/b10-7-,19-16-,26-24-,32-30-,36-35-,40-39-,46-44-,53-50-. The van der Waals surface area contributed by atoms with Crippen molar-refractivity contribution in [3.63, 3.8) is 0 Å².